The van der Waals surface area contributed by atoms with E-state index in [-0.39, 0.29) is 19.6 Å². The summed E-state index contributed by atoms with van der Waals surface area (Å²) in [4.78, 5) is 22.6. The molecular formula is C50H93O9P. The van der Waals surface area contributed by atoms with Gasteiger partial charge in [0.1, 0.15) is 12.2 Å². The van der Waals surface area contributed by atoms with Crippen molar-refractivity contribution in [3.05, 3.63) is 48.6 Å². The fourth-order valence-electron chi connectivity index (χ4n) is 6.71. The minimum Gasteiger partial charge on any atom is -0.457 e. The van der Waals surface area contributed by atoms with Gasteiger partial charge in [-0.1, -0.05) is 184 Å². The Hall–Kier alpha value is -1.58. The first-order valence-electron chi connectivity index (χ1n) is 24.6. The van der Waals surface area contributed by atoms with E-state index >= 15 is 0 Å². The molecule has 0 radical (unpaired) electrons. The normalized spacial score (nSPS) is 14.3. The Morgan fingerprint density at radius 2 is 0.900 bits per heavy atom. The molecule has 0 saturated heterocycles. The SMILES string of the molecule is CCCCCCC/C=C\C/C=C\C/C=C\CCCCCCCCCCCOCC(COP(=O)(O)OCC(O)CO)OC(=O)CCCCCCC/C=C\CCCCCCCC. The quantitative estimate of drug-likeness (QED) is 0.0237. The maximum atomic E-state index is 12.6. The van der Waals surface area contributed by atoms with Gasteiger partial charge in [-0.05, 0) is 77.0 Å². The second-order valence-corrected chi connectivity index (χ2v) is 17.9. The molecule has 0 aromatic rings. The third-order valence-electron chi connectivity index (χ3n) is 10.5. The monoisotopic (exact) mass is 869 g/mol. The summed E-state index contributed by atoms with van der Waals surface area (Å²) in [5.41, 5.74) is 0. The molecule has 0 fully saturated rings. The average Bonchev–Trinajstić information content (AvgIpc) is 3.24. The molecule has 3 unspecified atom stereocenters. The predicted octanol–water partition coefficient (Wildman–Crippen LogP) is 14.1. The van der Waals surface area contributed by atoms with Crippen molar-refractivity contribution in [2.45, 2.75) is 232 Å². The molecule has 0 heterocycles. The molecule has 3 atom stereocenters. The number of carbonyl (C=O) groups excluding carboxylic acids is 1. The topological polar surface area (TPSA) is 132 Å². The third-order valence-corrected chi connectivity index (χ3v) is 11.4. The van der Waals surface area contributed by atoms with Gasteiger partial charge in [0.15, 0.2) is 0 Å². The Kier molecular flexibility index (Phi) is 45.7. The van der Waals surface area contributed by atoms with Crippen molar-refractivity contribution in [1.82, 2.24) is 0 Å². The van der Waals surface area contributed by atoms with Crippen molar-refractivity contribution in [3.8, 4) is 0 Å². The van der Waals surface area contributed by atoms with Gasteiger partial charge in [-0.2, -0.15) is 0 Å². The Balaban J connectivity index is 4.09. The molecule has 10 heteroatoms. The summed E-state index contributed by atoms with van der Waals surface area (Å²) in [6.07, 6.45) is 53.6. The van der Waals surface area contributed by atoms with Gasteiger partial charge in [0.2, 0.25) is 0 Å². The number of hydrogen-bond donors (Lipinski definition) is 3. The summed E-state index contributed by atoms with van der Waals surface area (Å²) in [6, 6.07) is 0. The van der Waals surface area contributed by atoms with Gasteiger partial charge >= 0.3 is 13.8 Å². The Bertz CT molecular complexity index is 1080. The first kappa shape index (κ1) is 58.4. The number of carbonyl (C=O) groups is 1. The van der Waals surface area contributed by atoms with Crippen molar-refractivity contribution in [2.75, 3.05) is 33.0 Å². The van der Waals surface area contributed by atoms with Crippen molar-refractivity contribution in [2.24, 2.45) is 0 Å². The van der Waals surface area contributed by atoms with Crippen LogP contribution >= 0.6 is 7.82 Å². The van der Waals surface area contributed by atoms with Crippen LogP contribution in [0.5, 0.6) is 0 Å². The number of phosphoric acid groups is 1. The Morgan fingerprint density at radius 1 is 0.517 bits per heavy atom. The molecule has 0 rings (SSSR count). The van der Waals surface area contributed by atoms with Crippen molar-refractivity contribution in [3.63, 3.8) is 0 Å². The van der Waals surface area contributed by atoms with E-state index in [0.29, 0.717) is 6.61 Å². The molecule has 0 aliphatic carbocycles. The van der Waals surface area contributed by atoms with Gasteiger partial charge in [0.25, 0.3) is 0 Å². The molecule has 0 spiro atoms. The van der Waals surface area contributed by atoms with Gasteiger partial charge in [-0.3, -0.25) is 13.8 Å². The molecular weight excluding hydrogens is 776 g/mol. The van der Waals surface area contributed by atoms with E-state index in [1.807, 2.05) is 0 Å². The smallest absolute Gasteiger partial charge is 0.457 e. The maximum Gasteiger partial charge on any atom is 0.472 e. The predicted molar refractivity (Wildman–Crippen MR) is 251 cm³/mol. The van der Waals surface area contributed by atoms with Crippen LogP contribution in [0.25, 0.3) is 0 Å². The second-order valence-electron chi connectivity index (χ2n) is 16.5. The molecule has 0 bridgehead atoms. The lowest BCUT2D eigenvalue weighted by Gasteiger charge is -2.20. The van der Waals surface area contributed by atoms with Crippen LogP contribution in [0.15, 0.2) is 48.6 Å². The van der Waals surface area contributed by atoms with E-state index in [2.05, 4.69) is 62.5 Å². The van der Waals surface area contributed by atoms with Crippen LogP contribution in [0, 0.1) is 0 Å². The highest BCUT2D eigenvalue weighted by Gasteiger charge is 2.26. The fraction of sp³-hybridized carbons (Fsp3) is 0.820. The molecule has 60 heavy (non-hydrogen) atoms. The molecule has 3 N–H and O–H groups in total. The third kappa shape index (κ3) is 45.9. The van der Waals surface area contributed by atoms with E-state index in [1.165, 1.54) is 122 Å². The van der Waals surface area contributed by atoms with Crippen molar-refractivity contribution >= 4 is 13.8 Å². The van der Waals surface area contributed by atoms with Crippen LogP contribution in [0.4, 0.5) is 0 Å². The Morgan fingerprint density at radius 3 is 1.37 bits per heavy atom. The van der Waals surface area contributed by atoms with E-state index in [0.717, 1.165) is 77.0 Å². The summed E-state index contributed by atoms with van der Waals surface area (Å²) < 4.78 is 33.5. The second kappa shape index (κ2) is 46.9. The summed E-state index contributed by atoms with van der Waals surface area (Å²) in [5, 5.41) is 18.4. The van der Waals surface area contributed by atoms with Gasteiger partial charge in [-0.15, -0.1) is 0 Å². The summed E-state index contributed by atoms with van der Waals surface area (Å²) >= 11 is 0. The van der Waals surface area contributed by atoms with Crippen LogP contribution < -0.4 is 0 Å². The van der Waals surface area contributed by atoms with Crippen LogP contribution in [0.2, 0.25) is 0 Å². The molecule has 0 aromatic carbocycles. The van der Waals surface area contributed by atoms with Crippen LogP contribution in [0.3, 0.4) is 0 Å². The number of esters is 1. The minimum absolute atomic E-state index is 0.0419. The number of rotatable bonds is 47. The summed E-state index contributed by atoms with van der Waals surface area (Å²) in [7, 11) is -4.53. The zero-order valence-electron chi connectivity index (χ0n) is 38.7. The number of ether oxygens (including phenoxy) is 2. The van der Waals surface area contributed by atoms with E-state index in [4.69, 9.17) is 23.6 Å². The molecule has 0 aliphatic heterocycles. The summed E-state index contributed by atoms with van der Waals surface area (Å²) in [5.74, 6) is -0.393. The van der Waals surface area contributed by atoms with E-state index < -0.39 is 39.2 Å². The molecule has 0 saturated carbocycles. The summed E-state index contributed by atoms with van der Waals surface area (Å²) in [6.45, 7) is 3.49. The number of phosphoric ester groups is 1. The van der Waals surface area contributed by atoms with E-state index in [1.54, 1.807) is 0 Å². The maximum absolute atomic E-state index is 12.6. The lowest BCUT2D eigenvalue weighted by atomic mass is 10.1. The molecule has 0 amide bonds. The van der Waals surface area contributed by atoms with E-state index in [9.17, 15) is 19.4 Å². The van der Waals surface area contributed by atoms with Crippen LogP contribution in [-0.2, 0) is 27.9 Å². The number of aliphatic hydroxyl groups is 2. The van der Waals surface area contributed by atoms with Crippen LogP contribution in [-0.4, -0.2) is 66.3 Å². The minimum atomic E-state index is -4.53. The zero-order valence-corrected chi connectivity index (χ0v) is 39.6. The lowest BCUT2D eigenvalue weighted by Crippen LogP contribution is -2.29. The first-order valence-corrected chi connectivity index (χ1v) is 26.1. The lowest BCUT2D eigenvalue weighted by molar-refractivity contribution is -0.154. The van der Waals surface area contributed by atoms with Crippen molar-refractivity contribution in [1.29, 1.82) is 0 Å². The highest BCUT2D eigenvalue weighted by atomic mass is 31.2. The Labute approximate surface area is 368 Å². The molecule has 9 nitrogen and oxygen atoms in total. The zero-order chi connectivity index (χ0) is 43.9. The largest absolute Gasteiger partial charge is 0.472 e. The van der Waals surface area contributed by atoms with Gasteiger partial charge in [-0.25, -0.2) is 4.57 Å². The number of allylic oxidation sites excluding steroid dienone is 8. The first-order chi connectivity index (χ1) is 29.3. The van der Waals surface area contributed by atoms with Gasteiger partial charge in [0.05, 0.1) is 26.4 Å². The van der Waals surface area contributed by atoms with Gasteiger partial charge < -0.3 is 24.6 Å². The van der Waals surface area contributed by atoms with Crippen LogP contribution in [0.1, 0.15) is 219 Å². The van der Waals surface area contributed by atoms with Crippen molar-refractivity contribution < 1.29 is 43.0 Å². The molecule has 0 aromatic heterocycles. The molecule has 0 aliphatic rings. The number of hydrogen-bond acceptors (Lipinski definition) is 8. The standard InChI is InChI=1S/C50H93O9P/c1-3-5-7-9-11-13-15-17-19-20-21-22-23-24-25-26-27-29-31-33-35-37-39-41-43-56-46-49(47-58-60(54,55)57-45-48(52)44-51)59-50(53)42-40-38-36-34-32-30-28-18-16-14-12-10-8-6-4-2/h15,17-18,20-21,23-24,28,48-49,51-52H,3-14,16,19,22,25-27,29-47H2,1-2H3,(H,54,55)/b17-15-,21-20-,24-23-,28-18-. The number of aliphatic hydroxyl groups excluding tert-OH is 2. The van der Waals surface area contributed by atoms with Gasteiger partial charge in [0, 0.05) is 13.0 Å². The average molecular weight is 869 g/mol. The number of unbranched alkanes of at least 4 members (excludes halogenated alkanes) is 25. The fourth-order valence-corrected chi connectivity index (χ4v) is 7.50. The highest BCUT2D eigenvalue weighted by molar-refractivity contribution is 7.47. The highest BCUT2D eigenvalue weighted by Crippen LogP contribution is 2.43. The molecule has 352 valence electrons.